The van der Waals surface area contributed by atoms with Crippen LogP contribution in [-0.2, 0) is 0 Å². The fraction of sp³-hybridized carbons (Fsp3) is 0.357. The predicted molar refractivity (Wildman–Crippen MR) is 141 cm³/mol. The van der Waals surface area contributed by atoms with Crippen molar-refractivity contribution in [3.63, 3.8) is 0 Å². The number of amides is 2. The van der Waals surface area contributed by atoms with Crippen molar-refractivity contribution in [1.82, 2.24) is 10.6 Å². The van der Waals surface area contributed by atoms with E-state index in [1.807, 2.05) is 0 Å². The van der Waals surface area contributed by atoms with Crippen molar-refractivity contribution in [2.75, 3.05) is 13.6 Å². The van der Waals surface area contributed by atoms with Crippen LogP contribution in [-0.4, -0.2) is 110 Å². The summed E-state index contributed by atoms with van der Waals surface area (Å²) in [7, 11) is 0. The van der Waals surface area contributed by atoms with E-state index < -0.39 is 54.6 Å². The van der Waals surface area contributed by atoms with Gasteiger partial charge in [0.05, 0.1) is 23.2 Å². The molecule has 8 unspecified atom stereocenters. The largest absolute Gasteiger partial charge is 0.504 e. The summed E-state index contributed by atoms with van der Waals surface area (Å²) in [6.07, 6.45) is -5.06. The molecule has 43 heavy (non-hydrogen) atoms. The first kappa shape index (κ1) is 27.5. The number of carbonyl (C=O) groups is 2. The lowest BCUT2D eigenvalue weighted by atomic mass is 9.79. The van der Waals surface area contributed by atoms with Gasteiger partial charge in [-0.25, -0.2) is 0 Å². The fourth-order valence-corrected chi connectivity index (χ4v) is 6.06. The van der Waals surface area contributed by atoms with E-state index >= 15 is 0 Å². The number of nitrogens with one attached hydrogen (secondary N) is 2. The second-order valence-electron chi connectivity index (χ2n) is 10.7. The molecule has 226 valence electrons. The molecule has 0 radical (unpaired) electrons. The summed E-state index contributed by atoms with van der Waals surface area (Å²) in [5, 5.41) is 74.6. The molecule has 0 bridgehead atoms. The third-order valence-electron chi connectivity index (χ3n) is 8.27. The summed E-state index contributed by atoms with van der Waals surface area (Å²) in [6.45, 7) is 0.0200. The second kappa shape index (κ2) is 9.84. The van der Waals surface area contributed by atoms with Crippen molar-refractivity contribution in [2.45, 2.75) is 48.7 Å². The summed E-state index contributed by atoms with van der Waals surface area (Å²) in [5.41, 5.74) is 2.25. The van der Waals surface area contributed by atoms with Crippen molar-refractivity contribution < 1.29 is 64.3 Å². The average molecular weight is 599 g/mol. The van der Waals surface area contributed by atoms with Gasteiger partial charge >= 0.3 is 0 Å². The zero-order chi connectivity index (χ0) is 30.3. The highest BCUT2D eigenvalue weighted by molar-refractivity contribution is 6.08. The standard InChI is InChI=1S/C14H13NO7.C14H13NO6/c16-6-1-5-4-2-7-13(22-3-21-7)11(18)8(4)14(20)15-9(5)12(19)10(6)17;16-8-1-6-5-2-9-10(21-4-20-9)3-7(5)14(19)15-11(6)13(18)12(8)17/h1-2,6,9-10,12,16-19H,3H2,(H,15,20);1-3,8,11-13,16-18H,4H2,(H,15,19). The van der Waals surface area contributed by atoms with Gasteiger partial charge in [0, 0.05) is 5.56 Å². The number of aromatic hydroxyl groups is 1. The SMILES string of the molecule is O=C1NC2C(=CC(O)C(O)C2O)c2cc3c(c(O)c21)OCO3.O=C1NC2C(=CC(O)C(O)C2O)c2cc3c(cc21)OCO3. The Labute approximate surface area is 241 Å². The Morgan fingerprint density at radius 3 is 1.72 bits per heavy atom. The van der Waals surface area contributed by atoms with Crippen LogP contribution in [0.1, 0.15) is 31.8 Å². The number of hydrogen-bond acceptors (Lipinski definition) is 13. The Morgan fingerprint density at radius 1 is 0.605 bits per heavy atom. The van der Waals surface area contributed by atoms with Gasteiger partial charge in [0.25, 0.3) is 11.8 Å². The van der Waals surface area contributed by atoms with Gasteiger partial charge < -0.3 is 65.3 Å². The van der Waals surface area contributed by atoms with E-state index in [-0.39, 0.29) is 42.3 Å². The molecule has 2 aromatic carbocycles. The lowest BCUT2D eigenvalue weighted by molar-refractivity contribution is -0.0535. The monoisotopic (exact) mass is 598 g/mol. The molecular weight excluding hydrogens is 572 g/mol. The molecule has 6 aliphatic rings. The summed E-state index contributed by atoms with van der Waals surface area (Å²) in [6, 6.07) is 3.12. The molecule has 15 nitrogen and oxygen atoms in total. The third-order valence-corrected chi connectivity index (χ3v) is 8.27. The van der Waals surface area contributed by atoms with E-state index in [4.69, 9.17) is 18.9 Å². The summed E-state index contributed by atoms with van der Waals surface area (Å²) in [4.78, 5) is 24.4. The molecule has 9 N–H and O–H groups in total. The van der Waals surface area contributed by atoms with Crippen molar-refractivity contribution in [3.8, 4) is 28.7 Å². The number of benzene rings is 2. The summed E-state index contributed by atoms with van der Waals surface area (Å²) in [5.74, 6) is 0.0457. The van der Waals surface area contributed by atoms with Gasteiger partial charge in [-0.1, -0.05) is 0 Å². The maximum atomic E-state index is 12.2. The molecule has 4 heterocycles. The Morgan fingerprint density at radius 2 is 1.09 bits per heavy atom. The first-order valence-corrected chi connectivity index (χ1v) is 13.3. The van der Waals surface area contributed by atoms with E-state index in [9.17, 15) is 45.3 Å². The lowest BCUT2D eigenvalue weighted by Crippen LogP contribution is -2.57. The number of rotatable bonds is 0. The van der Waals surface area contributed by atoms with Gasteiger partial charge in [0.2, 0.25) is 19.3 Å². The lowest BCUT2D eigenvalue weighted by Gasteiger charge is -2.39. The molecular formula is C28H26N2O13. The van der Waals surface area contributed by atoms with Crippen LogP contribution in [0.4, 0.5) is 0 Å². The van der Waals surface area contributed by atoms with Crippen LogP contribution in [0.15, 0.2) is 30.4 Å². The minimum atomic E-state index is -1.40. The molecule has 2 aromatic rings. The van der Waals surface area contributed by atoms with E-state index in [0.29, 0.717) is 39.3 Å². The van der Waals surface area contributed by atoms with Crippen LogP contribution in [0.3, 0.4) is 0 Å². The van der Waals surface area contributed by atoms with Crippen LogP contribution >= 0.6 is 0 Å². The number of hydrogen-bond donors (Lipinski definition) is 9. The highest BCUT2D eigenvalue weighted by Gasteiger charge is 2.45. The zero-order valence-electron chi connectivity index (χ0n) is 22.0. The molecule has 8 atom stereocenters. The van der Waals surface area contributed by atoms with Crippen LogP contribution in [0.5, 0.6) is 28.7 Å². The molecule has 2 aliphatic carbocycles. The number of aliphatic hydroxyl groups excluding tert-OH is 6. The normalized spacial score (nSPS) is 32.4. The smallest absolute Gasteiger partial charge is 0.256 e. The molecule has 0 spiro atoms. The minimum absolute atomic E-state index is 0.0115. The first-order valence-electron chi connectivity index (χ1n) is 13.3. The summed E-state index contributed by atoms with van der Waals surface area (Å²) >= 11 is 0. The van der Waals surface area contributed by atoms with Gasteiger partial charge in [0.1, 0.15) is 36.6 Å². The van der Waals surface area contributed by atoms with Crippen molar-refractivity contribution >= 4 is 23.0 Å². The molecule has 15 heteroatoms. The number of ether oxygens (including phenoxy) is 4. The van der Waals surface area contributed by atoms with Crippen LogP contribution in [0.25, 0.3) is 11.1 Å². The molecule has 0 fully saturated rings. The van der Waals surface area contributed by atoms with Crippen molar-refractivity contribution in [3.05, 3.63) is 52.6 Å². The Kier molecular flexibility index (Phi) is 6.28. The first-order chi connectivity index (χ1) is 20.5. The van der Waals surface area contributed by atoms with Gasteiger partial charge in [-0.2, -0.15) is 0 Å². The molecule has 0 saturated carbocycles. The van der Waals surface area contributed by atoms with E-state index in [1.54, 1.807) is 12.1 Å². The minimum Gasteiger partial charge on any atom is -0.504 e. The topological polar surface area (TPSA) is 237 Å². The van der Waals surface area contributed by atoms with Gasteiger partial charge in [-0.15, -0.1) is 0 Å². The van der Waals surface area contributed by atoms with Gasteiger partial charge in [0.15, 0.2) is 23.0 Å². The summed E-state index contributed by atoms with van der Waals surface area (Å²) < 4.78 is 20.9. The Hall–Kier alpha value is -4.38. The van der Waals surface area contributed by atoms with E-state index in [1.165, 1.54) is 18.2 Å². The molecule has 8 rings (SSSR count). The molecule has 0 saturated heterocycles. The Balaban J connectivity index is 0.000000140. The van der Waals surface area contributed by atoms with Gasteiger partial charge in [-0.3, -0.25) is 9.59 Å². The zero-order valence-corrected chi connectivity index (χ0v) is 22.0. The van der Waals surface area contributed by atoms with Crippen molar-refractivity contribution in [2.24, 2.45) is 0 Å². The molecule has 0 aromatic heterocycles. The fourth-order valence-electron chi connectivity index (χ4n) is 6.06. The number of phenols is 1. The maximum absolute atomic E-state index is 12.2. The quantitative estimate of drug-likeness (QED) is 0.156. The van der Waals surface area contributed by atoms with Crippen LogP contribution in [0, 0.1) is 0 Å². The number of aliphatic hydroxyl groups is 6. The number of phenolic OH excluding ortho intramolecular Hbond substituents is 1. The molecule has 4 aliphatic heterocycles. The van der Waals surface area contributed by atoms with Crippen LogP contribution < -0.4 is 29.6 Å². The number of fused-ring (bicyclic) bond motifs is 8. The molecule has 2 amide bonds. The predicted octanol–water partition coefficient (Wildman–Crippen LogP) is -2.28. The van der Waals surface area contributed by atoms with Crippen LogP contribution in [0.2, 0.25) is 0 Å². The highest BCUT2D eigenvalue weighted by Crippen LogP contribution is 2.48. The number of carbonyl (C=O) groups excluding carboxylic acids is 2. The van der Waals surface area contributed by atoms with Gasteiger partial charge in [-0.05, 0) is 47.1 Å². The Bertz CT molecular complexity index is 1620. The van der Waals surface area contributed by atoms with E-state index in [0.717, 1.165) is 0 Å². The maximum Gasteiger partial charge on any atom is 0.256 e. The second-order valence-corrected chi connectivity index (χ2v) is 10.7. The average Bonchev–Trinajstić information content (AvgIpc) is 3.65. The highest BCUT2D eigenvalue weighted by atomic mass is 16.7. The van der Waals surface area contributed by atoms with E-state index in [2.05, 4.69) is 10.6 Å². The third kappa shape index (κ3) is 4.12. The van der Waals surface area contributed by atoms with Crippen molar-refractivity contribution in [1.29, 1.82) is 0 Å².